The van der Waals surface area contributed by atoms with E-state index in [1.54, 1.807) is 0 Å². The lowest BCUT2D eigenvalue weighted by molar-refractivity contribution is -0.150. The molecule has 126 valence electrons. The number of hydrogen-bond donors (Lipinski definition) is 0. The van der Waals surface area contributed by atoms with Gasteiger partial charge in [-0.3, -0.25) is 9.69 Å². The lowest BCUT2D eigenvalue weighted by Crippen LogP contribution is -2.52. The Bertz CT molecular complexity index is 544. The second kappa shape index (κ2) is 7.45. The number of amides is 1. The van der Waals surface area contributed by atoms with E-state index in [4.69, 9.17) is 4.74 Å². The molecule has 23 heavy (non-hydrogen) atoms. The first-order valence-corrected chi connectivity index (χ1v) is 8.83. The molecule has 0 aromatic heterocycles. The lowest BCUT2D eigenvalue weighted by atomic mass is 9.99. The van der Waals surface area contributed by atoms with Gasteiger partial charge in [0.15, 0.2) is 0 Å². The Morgan fingerprint density at radius 1 is 1.26 bits per heavy atom. The number of rotatable bonds is 4. The van der Waals surface area contributed by atoms with Crippen molar-refractivity contribution < 1.29 is 9.53 Å². The normalized spacial score (nSPS) is 22.2. The van der Waals surface area contributed by atoms with Crippen LogP contribution in [0.25, 0.3) is 0 Å². The molecular weight excluding hydrogens is 288 g/mol. The third-order valence-corrected chi connectivity index (χ3v) is 4.89. The van der Waals surface area contributed by atoms with Gasteiger partial charge in [-0.05, 0) is 36.4 Å². The van der Waals surface area contributed by atoms with Crippen LogP contribution in [-0.2, 0) is 22.5 Å². The minimum absolute atomic E-state index is 0.161. The van der Waals surface area contributed by atoms with E-state index in [2.05, 4.69) is 43.0 Å². The van der Waals surface area contributed by atoms with E-state index in [0.29, 0.717) is 12.5 Å². The van der Waals surface area contributed by atoms with Gasteiger partial charge in [-0.2, -0.15) is 0 Å². The fourth-order valence-electron chi connectivity index (χ4n) is 3.38. The number of fused-ring (bicyclic) bond motifs is 1. The molecule has 0 saturated carbocycles. The zero-order chi connectivity index (χ0) is 16.2. The molecule has 3 rings (SSSR count). The summed E-state index contributed by atoms with van der Waals surface area (Å²) in [6, 6.07) is 8.43. The van der Waals surface area contributed by atoms with Crippen LogP contribution in [0.3, 0.4) is 0 Å². The summed E-state index contributed by atoms with van der Waals surface area (Å²) in [6.45, 7) is 9.43. The average molecular weight is 316 g/mol. The predicted octanol–water partition coefficient (Wildman–Crippen LogP) is 2.32. The highest BCUT2D eigenvalue weighted by Crippen LogP contribution is 2.20. The predicted molar refractivity (Wildman–Crippen MR) is 91.2 cm³/mol. The van der Waals surface area contributed by atoms with Gasteiger partial charge in [-0.15, -0.1) is 0 Å². The fourth-order valence-corrected chi connectivity index (χ4v) is 3.38. The van der Waals surface area contributed by atoms with Gasteiger partial charge in [0.2, 0.25) is 0 Å². The summed E-state index contributed by atoms with van der Waals surface area (Å²) in [6.07, 6.45) is 1.84. The van der Waals surface area contributed by atoms with E-state index >= 15 is 0 Å². The zero-order valence-corrected chi connectivity index (χ0v) is 14.3. The van der Waals surface area contributed by atoms with Crippen molar-refractivity contribution in [3.63, 3.8) is 0 Å². The van der Waals surface area contributed by atoms with Crippen LogP contribution in [0.4, 0.5) is 0 Å². The molecular formula is C19H28N2O2. The van der Waals surface area contributed by atoms with Crippen molar-refractivity contribution in [2.75, 3.05) is 32.8 Å². The number of benzene rings is 1. The Balaban J connectivity index is 1.58. The first kappa shape index (κ1) is 16.5. The summed E-state index contributed by atoms with van der Waals surface area (Å²) in [5, 5.41) is 0. The van der Waals surface area contributed by atoms with Gasteiger partial charge in [0.05, 0.1) is 6.61 Å². The number of carbonyl (C=O) groups excluding carboxylic acids is 1. The van der Waals surface area contributed by atoms with Crippen molar-refractivity contribution >= 4 is 5.91 Å². The molecule has 4 nitrogen and oxygen atoms in total. The topological polar surface area (TPSA) is 32.8 Å². The Morgan fingerprint density at radius 2 is 2.04 bits per heavy atom. The van der Waals surface area contributed by atoms with Crippen LogP contribution in [0.5, 0.6) is 0 Å². The SMILES string of the molecule is CC(C)CCN1CCOC(C(=O)N2CCc3ccccc3C2)C1. The molecule has 1 aromatic rings. The van der Waals surface area contributed by atoms with Crippen LogP contribution < -0.4 is 0 Å². The van der Waals surface area contributed by atoms with Crippen molar-refractivity contribution in [3.8, 4) is 0 Å². The molecule has 4 heteroatoms. The standard InChI is InChI=1S/C19H28N2O2/c1-15(2)7-9-20-11-12-23-18(14-20)19(22)21-10-8-16-5-3-4-6-17(16)13-21/h3-6,15,18H,7-14H2,1-2H3. The summed E-state index contributed by atoms with van der Waals surface area (Å²) in [5.74, 6) is 0.861. The van der Waals surface area contributed by atoms with E-state index in [9.17, 15) is 4.79 Å². The largest absolute Gasteiger partial charge is 0.366 e. The van der Waals surface area contributed by atoms with Gasteiger partial charge in [0, 0.05) is 26.2 Å². The number of morpholine rings is 1. The summed E-state index contributed by atoms with van der Waals surface area (Å²) >= 11 is 0. The molecule has 1 atom stereocenters. The van der Waals surface area contributed by atoms with Crippen molar-refractivity contribution in [1.29, 1.82) is 0 Å². The Kier molecular flexibility index (Phi) is 5.34. The summed E-state index contributed by atoms with van der Waals surface area (Å²) in [4.78, 5) is 17.2. The summed E-state index contributed by atoms with van der Waals surface area (Å²) < 4.78 is 5.79. The number of hydrogen-bond acceptors (Lipinski definition) is 3. The van der Waals surface area contributed by atoms with Crippen LogP contribution in [-0.4, -0.2) is 54.6 Å². The number of ether oxygens (including phenoxy) is 1. The van der Waals surface area contributed by atoms with Crippen molar-refractivity contribution in [1.82, 2.24) is 9.80 Å². The Hall–Kier alpha value is -1.39. The van der Waals surface area contributed by atoms with Crippen LogP contribution >= 0.6 is 0 Å². The van der Waals surface area contributed by atoms with Gasteiger partial charge in [0.1, 0.15) is 6.10 Å². The highest BCUT2D eigenvalue weighted by molar-refractivity contribution is 5.81. The Labute approximate surface area is 139 Å². The van der Waals surface area contributed by atoms with Crippen molar-refractivity contribution in [3.05, 3.63) is 35.4 Å². The maximum Gasteiger partial charge on any atom is 0.253 e. The van der Waals surface area contributed by atoms with Crippen LogP contribution in [0.15, 0.2) is 24.3 Å². The molecule has 2 aliphatic heterocycles. The molecule has 0 bridgehead atoms. The van der Waals surface area contributed by atoms with Crippen molar-refractivity contribution in [2.45, 2.75) is 39.3 Å². The summed E-state index contributed by atoms with van der Waals surface area (Å²) in [5.41, 5.74) is 2.65. The van der Waals surface area contributed by atoms with Crippen LogP contribution in [0, 0.1) is 5.92 Å². The summed E-state index contributed by atoms with van der Waals surface area (Å²) in [7, 11) is 0. The molecule has 1 unspecified atom stereocenters. The molecule has 1 fully saturated rings. The molecule has 2 aliphatic rings. The van der Waals surface area contributed by atoms with E-state index < -0.39 is 0 Å². The van der Waals surface area contributed by atoms with Gasteiger partial charge >= 0.3 is 0 Å². The highest BCUT2D eigenvalue weighted by Gasteiger charge is 2.31. The quantitative estimate of drug-likeness (QED) is 0.854. The molecule has 0 N–H and O–H groups in total. The van der Waals surface area contributed by atoms with Crippen LogP contribution in [0.1, 0.15) is 31.4 Å². The monoisotopic (exact) mass is 316 g/mol. The minimum Gasteiger partial charge on any atom is -0.366 e. The maximum absolute atomic E-state index is 12.8. The first-order valence-electron chi connectivity index (χ1n) is 8.83. The third kappa shape index (κ3) is 4.12. The molecule has 0 radical (unpaired) electrons. The average Bonchev–Trinajstić information content (AvgIpc) is 2.59. The fraction of sp³-hybridized carbons (Fsp3) is 0.632. The number of nitrogens with zero attached hydrogens (tertiary/aromatic N) is 2. The Morgan fingerprint density at radius 3 is 2.83 bits per heavy atom. The van der Waals surface area contributed by atoms with Crippen molar-refractivity contribution in [2.24, 2.45) is 5.92 Å². The second-order valence-electron chi connectivity index (χ2n) is 7.12. The van der Waals surface area contributed by atoms with E-state index in [1.165, 1.54) is 17.5 Å². The second-order valence-corrected chi connectivity index (χ2v) is 7.12. The third-order valence-electron chi connectivity index (χ3n) is 4.89. The molecule has 1 saturated heterocycles. The van der Waals surface area contributed by atoms with Gasteiger partial charge in [-0.25, -0.2) is 0 Å². The first-order chi connectivity index (χ1) is 11.1. The molecule has 0 spiro atoms. The molecule has 0 aliphatic carbocycles. The molecule has 1 aromatic carbocycles. The number of carbonyl (C=O) groups is 1. The molecule has 2 heterocycles. The van der Waals surface area contributed by atoms with Gasteiger partial charge < -0.3 is 9.64 Å². The molecule has 1 amide bonds. The highest BCUT2D eigenvalue weighted by atomic mass is 16.5. The van der Waals surface area contributed by atoms with Crippen LogP contribution in [0.2, 0.25) is 0 Å². The van der Waals surface area contributed by atoms with Gasteiger partial charge in [-0.1, -0.05) is 38.1 Å². The lowest BCUT2D eigenvalue weighted by Gasteiger charge is -2.36. The minimum atomic E-state index is -0.291. The smallest absolute Gasteiger partial charge is 0.253 e. The maximum atomic E-state index is 12.8. The van der Waals surface area contributed by atoms with E-state index in [0.717, 1.165) is 39.1 Å². The van der Waals surface area contributed by atoms with Gasteiger partial charge in [0.25, 0.3) is 5.91 Å². The van der Waals surface area contributed by atoms with E-state index in [1.807, 2.05) is 4.90 Å². The zero-order valence-electron chi connectivity index (χ0n) is 14.3. The van der Waals surface area contributed by atoms with E-state index in [-0.39, 0.29) is 12.0 Å².